The molecule has 0 saturated carbocycles. The van der Waals surface area contributed by atoms with E-state index in [0.29, 0.717) is 0 Å². The molecule has 3 rings (SSSR count). The summed E-state index contributed by atoms with van der Waals surface area (Å²) in [4.78, 5) is 0. The van der Waals surface area contributed by atoms with E-state index < -0.39 is 6.10 Å². The zero-order chi connectivity index (χ0) is 15.7. The molecule has 0 saturated heterocycles. The lowest BCUT2D eigenvalue weighted by Crippen LogP contribution is -2.05. The molecule has 0 aliphatic rings. The van der Waals surface area contributed by atoms with Gasteiger partial charge in [0.2, 0.25) is 0 Å². The first-order valence-electron chi connectivity index (χ1n) is 7.56. The van der Waals surface area contributed by atoms with Crippen molar-refractivity contribution in [3.05, 3.63) is 70.9 Å². The fourth-order valence-corrected chi connectivity index (χ4v) is 2.91. The normalized spacial score (nSPS) is 13.0. The minimum atomic E-state index is -0.448. The Bertz CT molecular complexity index is 774. The smallest absolute Gasteiger partial charge is 0.0833 e. The molecule has 3 aromatic rings. The highest BCUT2D eigenvalue weighted by atomic mass is 35.5. The summed E-state index contributed by atoms with van der Waals surface area (Å²) in [5, 5.41) is 12.4. The third-order valence-electron chi connectivity index (χ3n) is 4.04. The van der Waals surface area contributed by atoms with E-state index in [2.05, 4.69) is 22.9 Å². The molecule has 0 spiro atoms. The third-order valence-corrected chi connectivity index (χ3v) is 4.29. The Balaban J connectivity index is 2.04. The number of hydrogen-bond donors (Lipinski definition) is 1. The van der Waals surface area contributed by atoms with E-state index in [1.165, 1.54) is 5.56 Å². The van der Waals surface area contributed by atoms with Gasteiger partial charge in [-0.15, -0.1) is 0 Å². The molecular weight excluding hydrogens is 294 g/mol. The van der Waals surface area contributed by atoms with Crippen molar-refractivity contribution < 1.29 is 5.11 Å². The van der Waals surface area contributed by atoms with Gasteiger partial charge in [0.25, 0.3) is 0 Å². The van der Waals surface area contributed by atoms with E-state index >= 15 is 0 Å². The van der Waals surface area contributed by atoms with Crippen LogP contribution in [0.25, 0.3) is 10.9 Å². The summed E-state index contributed by atoms with van der Waals surface area (Å²) in [7, 11) is 0. The van der Waals surface area contributed by atoms with E-state index in [9.17, 15) is 5.11 Å². The second kappa shape index (κ2) is 6.15. The van der Waals surface area contributed by atoms with E-state index in [-0.39, 0.29) is 5.92 Å². The predicted molar refractivity (Wildman–Crippen MR) is 92.3 cm³/mol. The predicted octanol–water partition coefficient (Wildman–Crippen LogP) is 5.03. The van der Waals surface area contributed by atoms with Crippen molar-refractivity contribution in [3.63, 3.8) is 0 Å². The SMILES string of the molecule is CC(C)C(O)c1cn(Cc2ccc(Cl)cc2)c2ccccc12. The van der Waals surface area contributed by atoms with Crippen LogP contribution in [-0.4, -0.2) is 9.67 Å². The van der Waals surface area contributed by atoms with Gasteiger partial charge in [-0.1, -0.05) is 55.8 Å². The van der Waals surface area contributed by atoms with Crippen molar-refractivity contribution in [2.45, 2.75) is 26.5 Å². The fraction of sp³-hybridized carbons (Fsp3) is 0.263. The van der Waals surface area contributed by atoms with Crippen LogP contribution >= 0.6 is 11.6 Å². The number of aromatic nitrogens is 1. The van der Waals surface area contributed by atoms with Crippen molar-refractivity contribution in [2.75, 3.05) is 0 Å². The van der Waals surface area contributed by atoms with E-state index in [1.54, 1.807) is 0 Å². The monoisotopic (exact) mass is 313 g/mol. The molecule has 1 aromatic heterocycles. The van der Waals surface area contributed by atoms with Crippen molar-refractivity contribution in [1.82, 2.24) is 4.57 Å². The summed E-state index contributed by atoms with van der Waals surface area (Å²) >= 11 is 5.95. The molecule has 2 aromatic carbocycles. The Morgan fingerprint density at radius 3 is 2.41 bits per heavy atom. The van der Waals surface area contributed by atoms with Gasteiger partial charge in [0.15, 0.2) is 0 Å². The topological polar surface area (TPSA) is 25.2 Å². The fourth-order valence-electron chi connectivity index (χ4n) is 2.79. The van der Waals surface area contributed by atoms with Crippen molar-refractivity contribution in [3.8, 4) is 0 Å². The minimum absolute atomic E-state index is 0.190. The van der Waals surface area contributed by atoms with Gasteiger partial charge in [-0.25, -0.2) is 0 Å². The van der Waals surface area contributed by atoms with Gasteiger partial charge in [-0.2, -0.15) is 0 Å². The van der Waals surface area contributed by atoms with Crippen LogP contribution in [-0.2, 0) is 6.54 Å². The first kappa shape index (κ1) is 15.1. The highest BCUT2D eigenvalue weighted by Crippen LogP contribution is 2.31. The maximum Gasteiger partial charge on any atom is 0.0833 e. The van der Waals surface area contributed by atoms with Gasteiger partial charge in [0.05, 0.1) is 6.10 Å². The third kappa shape index (κ3) is 2.90. The Morgan fingerprint density at radius 1 is 1.05 bits per heavy atom. The lowest BCUT2D eigenvalue weighted by molar-refractivity contribution is 0.128. The Kier molecular flexibility index (Phi) is 4.23. The quantitative estimate of drug-likeness (QED) is 0.718. The summed E-state index contributed by atoms with van der Waals surface area (Å²) < 4.78 is 2.19. The van der Waals surface area contributed by atoms with Crippen LogP contribution < -0.4 is 0 Å². The van der Waals surface area contributed by atoms with Gasteiger partial charge in [-0.05, 0) is 29.7 Å². The maximum absolute atomic E-state index is 10.5. The first-order chi connectivity index (χ1) is 10.6. The molecule has 114 valence electrons. The van der Waals surface area contributed by atoms with Gasteiger partial charge in [0, 0.05) is 34.2 Å². The number of fused-ring (bicyclic) bond motifs is 1. The lowest BCUT2D eigenvalue weighted by atomic mass is 9.99. The average molecular weight is 314 g/mol. The molecule has 0 aliphatic carbocycles. The van der Waals surface area contributed by atoms with Crippen LogP contribution in [0.5, 0.6) is 0 Å². The second-order valence-electron chi connectivity index (χ2n) is 6.04. The zero-order valence-electron chi connectivity index (χ0n) is 12.8. The van der Waals surface area contributed by atoms with E-state index in [0.717, 1.165) is 28.0 Å². The van der Waals surface area contributed by atoms with Crippen LogP contribution in [0.15, 0.2) is 54.7 Å². The largest absolute Gasteiger partial charge is 0.388 e. The molecule has 1 N–H and O–H groups in total. The summed E-state index contributed by atoms with van der Waals surface area (Å²) in [5.74, 6) is 0.190. The van der Waals surface area contributed by atoms with E-state index in [1.807, 2.05) is 50.2 Å². The van der Waals surface area contributed by atoms with Gasteiger partial charge in [-0.3, -0.25) is 0 Å². The van der Waals surface area contributed by atoms with Crippen LogP contribution in [0.4, 0.5) is 0 Å². The number of halogens is 1. The maximum atomic E-state index is 10.5. The van der Waals surface area contributed by atoms with Gasteiger partial charge < -0.3 is 9.67 Å². The van der Waals surface area contributed by atoms with Crippen molar-refractivity contribution in [1.29, 1.82) is 0 Å². The number of aliphatic hydroxyl groups excluding tert-OH is 1. The average Bonchev–Trinajstić information content (AvgIpc) is 2.88. The molecule has 1 heterocycles. The second-order valence-corrected chi connectivity index (χ2v) is 6.48. The molecular formula is C19H20ClNO. The Labute approximate surface area is 136 Å². The molecule has 0 amide bonds. The molecule has 2 nitrogen and oxygen atoms in total. The number of nitrogens with zero attached hydrogens (tertiary/aromatic N) is 1. The van der Waals surface area contributed by atoms with Crippen molar-refractivity contribution in [2.24, 2.45) is 5.92 Å². The molecule has 0 radical (unpaired) electrons. The highest BCUT2D eigenvalue weighted by molar-refractivity contribution is 6.30. The molecule has 0 aliphatic heterocycles. The van der Waals surface area contributed by atoms with Crippen LogP contribution in [0.1, 0.15) is 31.1 Å². The van der Waals surface area contributed by atoms with Crippen LogP contribution in [0.3, 0.4) is 0 Å². The number of hydrogen-bond acceptors (Lipinski definition) is 1. The molecule has 0 fully saturated rings. The summed E-state index contributed by atoms with van der Waals surface area (Å²) in [5.41, 5.74) is 3.34. The molecule has 3 heteroatoms. The summed E-state index contributed by atoms with van der Waals surface area (Å²) in [6, 6.07) is 16.1. The highest BCUT2D eigenvalue weighted by Gasteiger charge is 2.18. The Morgan fingerprint density at radius 2 is 1.73 bits per heavy atom. The lowest BCUT2D eigenvalue weighted by Gasteiger charge is -2.13. The van der Waals surface area contributed by atoms with Gasteiger partial charge >= 0.3 is 0 Å². The summed E-state index contributed by atoms with van der Waals surface area (Å²) in [6.45, 7) is 4.84. The zero-order valence-corrected chi connectivity index (χ0v) is 13.6. The van der Waals surface area contributed by atoms with Gasteiger partial charge in [0.1, 0.15) is 0 Å². The molecule has 1 atom stereocenters. The number of para-hydroxylation sites is 1. The number of aliphatic hydroxyl groups is 1. The van der Waals surface area contributed by atoms with E-state index in [4.69, 9.17) is 11.6 Å². The molecule has 0 bridgehead atoms. The van der Waals surface area contributed by atoms with Crippen LogP contribution in [0.2, 0.25) is 5.02 Å². The minimum Gasteiger partial charge on any atom is -0.388 e. The standard InChI is InChI=1S/C19H20ClNO/c1-13(2)19(22)17-12-21(18-6-4-3-5-16(17)18)11-14-7-9-15(20)10-8-14/h3-10,12-13,19,22H,11H2,1-2H3. The summed E-state index contributed by atoms with van der Waals surface area (Å²) in [6.07, 6.45) is 1.63. The first-order valence-corrected chi connectivity index (χ1v) is 7.94. The number of rotatable bonds is 4. The number of benzene rings is 2. The molecule has 1 unspecified atom stereocenters. The van der Waals surface area contributed by atoms with Crippen molar-refractivity contribution >= 4 is 22.5 Å². The molecule has 22 heavy (non-hydrogen) atoms. The Hall–Kier alpha value is -1.77. The van der Waals surface area contributed by atoms with Crippen LogP contribution in [0, 0.1) is 5.92 Å².